The van der Waals surface area contributed by atoms with E-state index in [1.54, 1.807) is 18.2 Å². The van der Waals surface area contributed by atoms with Crippen molar-refractivity contribution in [3.8, 4) is 0 Å². The summed E-state index contributed by atoms with van der Waals surface area (Å²) < 4.78 is 27.8. The lowest BCUT2D eigenvalue weighted by atomic mass is 10.2. The van der Waals surface area contributed by atoms with E-state index in [9.17, 15) is 8.42 Å². The molecule has 90 valence electrons. The van der Waals surface area contributed by atoms with E-state index in [4.69, 9.17) is 0 Å². The van der Waals surface area contributed by atoms with Crippen molar-refractivity contribution < 1.29 is 8.42 Å². The van der Waals surface area contributed by atoms with Crippen LogP contribution in [0.2, 0.25) is 0 Å². The zero-order valence-corrected chi connectivity index (χ0v) is 10.00. The van der Waals surface area contributed by atoms with E-state index in [1.165, 1.54) is 0 Å². The summed E-state index contributed by atoms with van der Waals surface area (Å²) in [7, 11) is -3.54. The van der Waals surface area contributed by atoms with E-state index in [0.717, 1.165) is 19.4 Å². The number of nitrogens with zero attached hydrogens (tertiary/aromatic N) is 1. The second kappa shape index (κ2) is 3.82. The minimum absolute atomic E-state index is 0.0260. The lowest BCUT2D eigenvalue weighted by molar-refractivity contribution is 0.597. The number of benzene rings is 1. The smallest absolute Gasteiger partial charge is 0.286 e. The first kappa shape index (κ1) is 10.7. The van der Waals surface area contributed by atoms with Gasteiger partial charge in [0.15, 0.2) is 0 Å². The van der Waals surface area contributed by atoms with Gasteiger partial charge in [0.2, 0.25) is 0 Å². The average molecular weight is 251 g/mol. The maximum Gasteiger partial charge on any atom is 0.286 e. The third-order valence-electron chi connectivity index (χ3n) is 3.04. The van der Waals surface area contributed by atoms with Crippen LogP contribution in [0.1, 0.15) is 12.8 Å². The summed E-state index contributed by atoms with van der Waals surface area (Å²) in [5.74, 6) is 0.515. The van der Waals surface area contributed by atoms with Crippen molar-refractivity contribution >= 4 is 21.5 Å². The molecule has 1 saturated heterocycles. The van der Waals surface area contributed by atoms with Gasteiger partial charge in [0, 0.05) is 0 Å². The molecular weight excluding hydrogens is 238 g/mol. The number of hydrogen-bond donors (Lipinski definition) is 2. The number of anilines is 1. The van der Waals surface area contributed by atoms with Crippen molar-refractivity contribution in [3.05, 3.63) is 24.3 Å². The van der Waals surface area contributed by atoms with Crippen LogP contribution in [0, 0.1) is 0 Å². The molecule has 2 aliphatic heterocycles. The summed E-state index contributed by atoms with van der Waals surface area (Å²) in [6, 6.07) is 6.87. The number of hydrogen-bond acceptors (Lipinski definition) is 4. The molecule has 17 heavy (non-hydrogen) atoms. The highest BCUT2D eigenvalue weighted by Crippen LogP contribution is 2.28. The van der Waals surface area contributed by atoms with Gasteiger partial charge in [-0.3, -0.25) is 0 Å². The minimum atomic E-state index is -3.54. The van der Waals surface area contributed by atoms with Crippen LogP contribution in [0.3, 0.4) is 0 Å². The van der Waals surface area contributed by atoms with Crippen LogP contribution >= 0.6 is 0 Å². The molecule has 0 saturated carbocycles. The molecule has 0 bridgehead atoms. The Morgan fingerprint density at radius 2 is 2.12 bits per heavy atom. The zero-order chi connectivity index (χ0) is 11.9. The summed E-state index contributed by atoms with van der Waals surface area (Å²) >= 11 is 0. The normalized spacial score (nSPS) is 25.9. The van der Waals surface area contributed by atoms with Crippen LogP contribution in [-0.2, 0) is 10.0 Å². The summed E-state index contributed by atoms with van der Waals surface area (Å²) in [6.45, 7) is 0.910. The number of fused-ring (bicyclic) bond motifs is 1. The Bertz CT molecular complexity index is 574. The van der Waals surface area contributed by atoms with Crippen LogP contribution in [0.4, 0.5) is 5.69 Å². The molecule has 2 heterocycles. The molecule has 3 rings (SSSR count). The van der Waals surface area contributed by atoms with E-state index in [1.807, 2.05) is 6.07 Å². The molecule has 2 N–H and O–H groups in total. The first-order valence-corrected chi connectivity index (χ1v) is 7.05. The summed E-state index contributed by atoms with van der Waals surface area (Å²) in [4.78, 5) is 0.252. The first-order chi connectivity index (χ1) is 8.17. The van der Waals surface area contributed by atoms with Crippen molar-refractivity contribution in [2.75, 3.05) is 11.9 Å². The van der Waals surface area contributed by atoms with Crippen LogP contribution in [0.5, 0.6) is 0 Å². The van der Waals surface area contributed by atoms with Crippen molar-refractivity contribution in [2.45, 2.75) is 23.8 Å². The van der Waals surface area contributed by atoms with E-state index < -0.39 is 10.0 Å². The topological polar surface area (TPSA) is 70.6 Å². The Morgan fingerprint density at radius 3 is 2.88 bits per heavy atom. The van der Waals surface area contributed by atoms with Gasteiger partial charge in [0.1, 0.15) is 10.7 Å². The summed E-state index contributed by atoms with van der Waals surface area (Å²) in [5.41, 5.74) is 0.617. The average Bonchev–Trinajstić information content (AvgIpc) is 2.81. The molecule has 5 nitrogen and oxygen atoms in total. The SMILES string of the molecule is O=S1(=O)N=C([C@@H]2CCCN2)Nc2ccccc21. The van der Waals surface area contributed by atoms with Crippen molar-refractivity contribution in [2.24, 2.45) is 4.40 Å². The molecule has 0 aromatic heterocycles. The number of rotatable bonds is 1. The highest BCUT2D eigenvalue weighted by molar-refractivity contribution is 7.90. The largest absolute Gasteiger partial charge is 0.341 e. The number of amidine groups is 1. The van der Waals surface area contributed by atoms with Crippen molar-refractivity contribution in [1.29, 1.82) is 0 Å². The minimum Gasteiger partial charge on any atom is -0.341 e. The fourth-order valence-electron chi connectivity index (χ4n) is 2.20. The van der Waals surface area contributed by atoms with Crippen molar-refractivity contribution in [3.63, 3.8) is 0 Å². The third kappa shape index (κ3) is 1.83. The molecule has 0 radical (unpaired) electrons. The zero-order valence-electron chi connectivity index (χ0n) is 9.18. The highest BCUT2D eigenvalue weighted by Gasteiger charge is 2.29. The molecule has 1 fully saturated rings. The molecule has 1 aromatic rings. The predicted molar refractivity (Wildman–Crippen MR) is 65.7 cm³/mol. The molecule has 1 aromatic carbocycles. The Hall–Kier alpha value is -1.40. The van der Waals surface area contributed by atoms with Gasteiger partial charge in [-0.25, -0.2) is 0 Å². The Labute approximate surface area is 100 Å². The van der Waals surface area contributed by atoms with E-state index in [2.05, 4.69) is 15.0 Å². The maximum atomic E-state index is 12.0. The van der Waals surface area contributed by atoms with Crippen LogP contribution in [-0.4, -0.2) is 26.8 Å². The van der Waals surface area contributed by atoms with E-state index >= 15 is 0 Å². The van der Waals surface area contributed by atoms with Gasteiger partial charge in [-0.05, 0) is 31.5 Å². The van der Waals surface area contributed by atoms with Gasteiger partial charge >= 0.3 is 0 Å². The number of para-hydroxylation sites is 1. The fraction of sp³-hybridized carbons (Fsp3) is 0.364. The standard InChI is InChI=1S/C11H13N3O2S/c15-17(16)10-6-2-1-4-8(10)13-11(14-17)9-5-3-7-12-9/h1-2,4,6,9,12H,3,5,7H2,(H,13,14)/t9-/m0/s1. The number of sulfonamides is 1. The Kier molecular flexibility index (Phi) is 2.41. The molecule has 2 aliphatic rings. The lowest BCUT2D eigenvalue weighted by Crippen LogP contribution is -2.38. The van der Waals surface area contributed by atoms with Crippen LogP contribution < -0.4 is 10.6 Å². The van der Waals surface area contributed by atoms with E-state index in [-0.39, 0.29) is 10.9 Å². The molecule has 0 unspecified atom stereocenters. The highest BCUT2D eigenvalue weighted by atomic mass is 32.2. The second-order valence-electron chi connectivity index (χ2n) is 4.22. The molecule has 1 atom stereocenters. The van der Waals surface area contributed by atoms with Crippen LogP contribution in [0.25, 0.3) is 0 Å². The molecule has 0 spiro atoms. The maximum absolute atomic E-state index is 12.0. The Balaban J connectivity index is 2.04. The quantitative estimate of drug-likeness (QED) is 0.779. The van der Waals surface area contributed by atoms with Gasteiger partial charge in [-0.2, -0.15) is 8.42 Å². The summed E-state index contributed by atoms with van der Waals surface area (Å²) in [5, 5.41) is 6.34. The van der Waals surface area contributed by atoms with Gasteiger partial charge in [0.05, 0.1) is 11.7 Å². The monoisotopic (exact) mass is 251 g/mol. The fourth-order valence-corrected chi connectivity index (χ4v) is 3.38. The third-order valence-corrected chi connectivity index (χ3v) is 4.39. The van der Waals surface area contributed by atoms with Crippen molar-refractivity contribution in [1.82, 2.24) is 5.32 Å². The number of nitrogens with one attached hydrogen (secondary N) is 2. The second-order valence-corrected chi connectivity index (χ2v) is 5.79. The molecular formula is C11H13N3O2S. The van der Waals surface area contributed by atoms with E-state index in [0.29, 0.717) is 11.5 Å². The lowest BCUT2D eigenvalue weighted by Gasteiger charge is -2.21. The van der Waals surface area contributed by atoms with Crippen LogP contribution in [0.15, 0.2) is 33.6 Å². The molecule has 6 heteroatoms. The predicted octanol–water partition coefficient (Wildman–Crippen LogP) is 0.951. The first-order valence-electron chi connectivity index (χ1n) is 5.61. The Morgan fingerprint density at radius 1 is 1.29 bits per heavy atom. The van der Waals surface area contributed by atoms with Gasteiger partial charge in [0.25, 0.3) is 10.0 Å². The summed E-state index contributed by atoms with van der Waals surface area (Å²) in [6.07, 6.45) is 1.97. The van der Waals surface area contributed by atoms with Gasteiger partial charge in [-0.1, -0.05) is 12.1 Å². The molecule has 0 aliphatic carbocycles. The molecule has 0 amide bonds. The van der Waals surface area contributed by atoms with Gasteiger partial charge < -0.3 is 10.6 Å². The van der Waals surface area contributed by atoms with Gasteiger partial charge in [-0.15, -0.1) is 4.40 Å².